The van der Waals surface area contributed by atoms with Crippen LogP contribution in [0, 0.1) is 5.82 Å². The number of alkyl halides is 2. The van der Waals surface area contributed by atoms with Gasteiger partial charge in [-0.3, -0.25) is 4.68 Å². The topological polar surface area (TPSA) is 53.1 Å². The normalized spacial score (nSPS) is 11.1. The maximum atomic E-state index is 13.8. The van der Waals surface area contributed by atoms with Crippen LogP contribution in [-0.4, -0.2) is 16.9 Å². The van der Waals surface area contributed by atoms with Crippen molar-refractivity contribution in [1.82, 2.24) is 9.78 Å². The zero-order valence-corrected chi connectivity index (χ0v) is 10.3. The van der Waals surface area contributed by atoms with Gasteiger partial charge in [0.25, 0.3) is 6.43 Å². The predicted molar refractivity (Wildman–Crippen MR) is 64.5 cm³/mol. The van der Waals surface area contributed by atoms with Gasteiger partial charge in [-0.1, -0.05) is 0 Å². The number of nitrogen functional groups attached to an aromatic ring is 1. The minimum atomic E-state index is -2.78. The van der Waals surface area contributed by atoms with Crippen LogP contribution < -0.4 is 10.5 Å². The smallest absolute Gasteiger partial charge is 0.263 e. The fourth-order valence-electron chi connectivity index (χ4n) is 1.80. The van der Waals surface area contributed by atoms with Crippen molar-refractivity contribution in [1.29, 1.82) is 0 Å². The molecule has 0 bridgehead atoms. The van der Waals surface area contributed by atoms with E-state index in [0.717, 1.165) is 12.1 Å². The highest BCUT2D eigenvalue weighted by atomic mass is 19.3. The van der Waals surface area contributed by atoms with Crippen LogP contribution in [0.1, 0.15) is 12.0 Å². The van der Waals surface area contributed by atoms with Crippen LogP contribution >= 0.6 is 0 Å². The molecule has 0 aliphatic heterocycles. The van der Waals surface area contributed by atoms with Gasteiger partial charge in [-0.05, 0) is 12.1 Å². The van der Waals surface area contributed by atoms with Crippen LogP contribution in [0.3, 0.4) is 0 Å². The summed E-state index contributed by atoms with van der Waals surface area (Å²) in [7, 11) is 2.86. The van der Waals surface area contributed by atoms with Crippen molar-refractivity contribution in [2.75, 3.05) is 12.8 Å². The Morgan fingerprint density at radius 2 is 2.00 bits per heavy atom. The maximum absolute atomic E-state index is 13.8. The van der Waals surface area contributed by atoms with Gasteiger partial charge in [0, 0.05) is 23.7 Å². The molecule has 19 heavy (non-hydrogen) atoms. The Morgan fingerprint density at radius 1 is 1.32 bits per heavy atom. The van der Waals surface area contributed by atoms with Crippen molar-refractivity contribution in [3.8, 4) is 16.9 Å². The number of anilines is 1. The number of halogens is 3. The first-order valence-electron chi connectivity index (χ1n) is 5.39. The molecule has 0 radical (unpaired) electrons. The lowest BCUT2D eigenvalue weighted by molar-refractivity contribution is 0.151. The van der Waals surface area contributed by atoms with Gasteiger partial charge in [-0.2, -0.15) is 5.10 Å². The number of nitrogens with two attached hydrogens (primary N) is 1. The molecule has 102 valence electrons. The lowest BCUT2D eigenvalue weighted by atomic mass is 10.0. The van der Waals surface area contributed by atoms with Gasteiger partial charge in [0.2, 0.25) is 0 Å². The van der Waals surface area contributed by atoms with E-state index in [9.17, 15) is 13.2 Å². The van der Waals surface area contributed by atoms with Crippen LogP contribution in [0.15, 0.2) is 18.3 Å². The Hall–Kier alpha value is -2.18. The van der Waals surface area contributed by atoms with E-state index in [1.54, 1.807) is 7.05 Å². The Kier molecular flexibility index (Phi) is 3.37. The van der Waals surface area contributed by atoms with E-state index in [1.165, 1.54) is 18.0 Å². The summed E-state index contributed by atoms with van der Waals surface area (Å²) in [5, 5.41) is 3.90. The molecule has 0 saturated heterocycles. The quantitative estimate of drug-likeness (QED) is 0.933. The lowest BCUT2D eigenvalue weighted by Gasteiger charge is -2.11. The highest BCUT2D eigenvalue weighted by Gasteiger charge is 2.20. The molecule has 7 heteroatoms. The molecule has 0 aliphatic carbocycles. The SMILES string of the molecule is COc1c(F)cc(C(F)F)cc1-c1cnn(C)c1N. The first-order chi connectivity index (χ1) is 8.95. The average Bonchev–Trinajstić information content (AvgIpc) is 2.69. The van der Waals surface area contributed by atoms with Gasteiger partial charge in [-0.25, -0.2) is 13.2 Å². The molecule has 1 aromatic carbocycles. The Bertz CT molecular complexity index is 611. The molecule has 0 unspecified atom stereocenters. The molecule has 1 heterocycles. The van der Waals surface area contributed by atoms with Gasteiger partial charge in [0.05, 0.1) is 13.3 Å². The number of rotatable bonds is 3. The highest BCUT2D eigenvalue weighted by molar-refractivity contribution is 5.79. The number of methoxy groups -OCH3 is 1. The second-order valence-electron chi connectivity index (χ2n) is 3.95. The maximum Gasteiger partial charge on any atom is 0.263 e. The third-order valence-electron chi connectivity index (χ3n) is 2.80. The predicted octanol–water partition coefficient (Wildman–Crippen LogP) is 2.75. The van der Waals surface area contributed by atoms with E-state index in [4.69, 9.17) is 10.5 Å². The highest BCUT2D eigenvalue weighted by Crippen LogP contribution is 2.38. The molecule has 0 aliphatic rings. The minimum absolute atomic E-state index is 0.135. The van der Waals surface area contributed by atoms with E-state index in [2.05, 4.69) is 5.10 Å². The van der Waals surface area contributed by atoms with Crippen LogP contribution in [0.2, 0.25) is 0 Å². The number of ether oxygens (including phenoxy) is 1. The third-order valence-corrected chi connectivity index (χ3v) is 2.80. The van der Waals surface area contributed by atoms with E-state index >= 15 is 0 Å². The largest absolute Gasteiger partial charge is 0.493 e. The zero-order valence-electron chi connectivity index (χ0n) is 10.3. The van der Waals surface area contributed by atoms with Crippen LogP contribution in [0.25, 0.3) is 11.1 Å². The summed E-state index contributed by atoms with van der Waals surface area (Å²) < 4.78 is 45.5. The molecule has 0 spiro atoms. The van der Waals surface area contributed by atoms with Gasteiger partial charge >= 0.3 is 0 Å². The molecule has 0 fully saturated rings. The molecule has 4 nitrogen and oxygen atoms in total. The summed E-state index contributed by atoms with van der Waals surface area (Å²) in [5.74, 6) is -0.758. The van der Waals surface area contributed by atoms with E-state index in [-0.39, 0.29) is 17.1 Å². The lowest BCUT2D eigenvalue weighted by Crippen LogP contribution is -2.00. The third kappa shape index (κ3) is 2.23. The molecular formula is C12H12F3N3O. The number of aryl methyl sites for hydroxylation is 1. The summed E-state index contributed by atoms with van der Waals surface area (Å²) in [6, 6.07) is 1.90. The van der Waals surface area contributed by atoms with E-state index in [0.29, 0.717) is 5.56 Å². The number of aromatic nitrogens is 2. The Balaban J connectivity index is 2.70. The zero-order chi connectivity index (χ0) is 14.2. The van der Waals surface area contributed by atoms with E-state index in [1.807, 2.05) is 0 Å². The Morgan fingerprint density at radius 3 is 2.47 bits per heavy atom. The van der Waals surface area contributed by atoms with Gasteiger partial charge in [0.1, 0.15) is 5.82 Å². The number of nitrogens with zero attached hydrogens (tertiary/aromatic N) is 2. The van der Waals surface area contributed by atoms with Crippen molar-refractivity contribution in [3.05, 3.63) is 29.7 Å². The van der Waals surface area contributed by atoms with Crippen LogP contribution in [0.5, 0.6) is 5.75 Å². The molecule has 0 amide bonds. The van der Waals surface area contributed by atoms with Crippen LogP contribution in [-0.2, 0) is 7.05 Å². The molecule has 0 saturated carbocycles. The van der Waals surface area contributed by atoms with Crippen molar-refractivity contribution in [2.45, 2.75) is 6.43 Å². The summed E-state index contributed by atoms with van der Waals surface area (Å²) >= 11 is 0. The molecule has 2 N–H and O–H groups in total. The second kappa shape index (κ2) is 4.83. The summed E-state index contributed by atoms with van der Waals surface area (Å²) in [5.41, 5.74) is 5.84. The minimum Gasteiger partial charge on any atom is -0.493 e. The fraction of sp³-hybridized carbons (Fsp3) is 0.250. The second-order valence-corrected chi connectivity index (χ2v) is 3.95. The fourth-order valence-corrected chi connectivity index (χ4v) is 1.80. The Labute approximate surface area is 107 Å². The molecule has 0 atom stereocenters. The van der Waals surface area contributed by atoms with Crippen molar-refractivity contribution >= 4 is 5.82 Å². The first-order valence-corrected chi connectivity index (χ1v) is 5.39. The monoisotopic (exact) mass is 271 g/mol. The number of benzene rings is 1. The summed E-state index contributed by atoms with van der Waals surface area (Å²) in [6.45, 7) is 0. The first kappa shape index (κ1) is 13.3. The van der Waals surface area contributed by atoms with Crippen LogP contribution in [0.4, 0.5) is 19.0 Å². The number of hydrogen-bond acceptors (Lipinski definition) is 3. The molecule has 2 aromatic rings. The summed E-state index contributed by atoms with van der Waals surface area (Å²) in [6.07, 6.45) is -1.40. The van der Waals surface area contributed by atoms with Gasteiger partial charge < -0.3 is 10.5 Å². The van der Waals surface area contributed by atoms with Crippen molar-refractivity contribution in [3.63, 3.8) is 0 Å². The molecule has 2 rings (SSSR count). The van der Waals surface area contributed by atoms with Gasteiger partial charge in [0.15, 0.2) is 11.6 Å². The number of hydrogen-bond donors (Lipinski definition) is 1. The van der Waals surface area contributed by atoms with E-state index < -0.39 is 17.8 Å². The van der Waals surface area contributed by atoms with Gasteiger partial charge in [-0.15, -0.1) is 0 Å². The standard InChI is InChI=1S/C12H12F3N3O/c1-18-12(16)8(5-17-18)7-3-6(11(14)15)4-9(13)10(7)19-2/h3-5,11H,16H2,1-2H3. The molecular weight excluding hydrogens is 259 g/mol. The van der Waals surface area contributed by atoms with Crippen molar-refractivity contribution < 1.29 is 17.9 Å². The average molecular weight is 271 g/mol. The summed E-state index contributed by atoms with van der Waals surface area (Å²) in [4.78, 5) is 0. The molecule has 1 aromatic heterocycles. The van der Waals surface area contributed by atoms with Crippen molar-refractivity contribution in [2.24, 2.45) is 7.05 Å².